The summed E-state index contributed by atoms with van der Waals surface area (Å²) in [5.74, 6) is 1.06. The summed E-state index contributed by atoms with van der Waals surface area (Å²) >= 11 is 5.22. The molecule has 98 valence electrons. The van der Waals surface area contributed by atoms with Crippen LogP contribution in [0.2, 0.25) is 0 Å². The molecule has 0 saturated carbocycles. The van der Waals surface area contributed by atoms with Crippen LogP contribution in [0.3, 0.4) is 0 Å². The lowest BCUT2D eigenvalue weighted by Gasteiger charge is -2.20. The Balaban J connectivity index is 2.36. The Morgan fingerprint density at radius 2 is 2.12 bits per heavy atom. The van der Waals surface area contributed by atoms with E-state index in [0.717, 1.165) is 36.5 Å². The lowest BCUT2D eigenvalue weighted by molar-refractivity contribution is 0.266. The first kappa shape index (κ1) is 14.4. The second-order valence-electron chi connectivity index (χ2n) is 4.73. The van der Waals surface area contributed by atoms with Crippen molar-refractivity contribution in [1.82, 2.24) is 19.7 Å². The summed E-state index contributed by atoms with van der Waals surface area (Å²) in [7, 11) is 2.17. The van der Waals surface area contributed by atoms with Gasteiger partial charge in [0, 0.05) is 19.0 Å². The Bertz CT molecular complexity index is 380. The Hall–Kier alpha value is -0.680. The highest BCUT2D eigenvalue weighted by Gasteiger charge is 2.05. The molecule has 17 heavy (non-hydrogen) atoms. The molecule has 1 heterocycles. The fourth-order valence-electron chi connectivity index (χ4n) is 1.74. The van der Waals surface area contributed by atoms with Gasteiger partial charge in [-0.15, -0.1) is 0 Å². The smallest absolute Gasteiger partial charge is 0.195 e. The highest BCUT2D eigenvalue weighted by molar-refractivity contribution is 7.71. The van der Waals surface area contributed by atoms with Gasteiger partial charge < -0.3 is 9.47 Å². The summed E-state index contributed by atoms with van der Waals surface area (Å²) in [4.78, 5) is 2.37. The highest BCUT2D eigenvalue weighted by atomic mass is 32.1. The number of aromatic amines is 1. The molecule has 0 aliphatic rings. The van der Waals surface area contributed by atoms with Crippen LogP contribution in [-0.4, -0.2) is 39.3 Å². The normalized spacial score (nSPS) is 11.6. The maximum atomic E-state index is 5.22. The van der Waals surface area contributed by atoms with Gasteiger partial charge in [-0.25, -0.2) is 0 Å². The van der Waals surface area contributed by atoms with Crippen molar-refractivity contribution >= 4 is 12.2 Å². The number of rotatable bonds is 7. The third kappa shape index (κ3) is 4.24. The average molecular weight is 256 g/mol. The van der Waals surface area contributed by atoms with Crippen LogP contribution in [0.5, 0.6) is 0 Å². The maximum Gasteiger partial charge on any atom is 0.195 e. The topological polar surface area (TPSA) is 36.9 Å². The lowest BCUT2D eigenvalue weighted by Crippen LogP contribution is -2.27. The van der Waals surface area contributed by atoms with Gasteiger partial charge in [0.2, 0.25) is 0 Å². The van der Waals surface area contributed by atoms with Gasteiger partial charge in [0.15, 0.2) is 4.77 Å². The zero-order valence-corrected chi connectivity index (χ0v) is 12.2. The number of unbranched alkanes of at least 4 members (excludes halogenated alkanes) is 1. The van der Waals surface area contributed by atoms with Crippen LogP contribution in [0.4, 0.5) is 0 Å². The molecule has 0 atom stereocenters. The van der Waals surface area contributed by atoms with Gasteiger partial charge in [0.25, 0.3) is 0 Å². The molecular formula is C12H24N4S. The molecule has 0 unspecified atom stereocenters. The average Bonchev–Trinajstić information content (AvgIpc) is 2.65. The van der Waals surface area contributed by atoms with Crippen molar-refractivity contribution in [3.05, 3.63) is 10.6 Å². The third-order valence-electron chi connectivity index (χ3n) is 3.18. The standard InChI is InChI=1S/C12H24N4S/c1-5-11-13-14-12(17)16(11)9-7-6-8-15(4)10(2)3/h10H,5-9H2,1-4H3,(H,14,17). The van der Waals surface area contributed by atoms with Gasteiger partial charge in [-0.1, -0.05) is 6.92 Å². The second-order valence-corrected chi connectivity index (χ2v) is 5.12. The van der Waals surface area contributed by atoms with E-state index in [1.165, 1.54) is 6.42 Å². The monoisotopic (exact) mass is 256 g/mol. The first-order valence-electron chi connectivity index (χ1n) is 6.40. The fourth-order valence-corrected chi connectivity index (χ4v) is 1.98. The van der Waals surface area contributed by atoms with Crippen molar-refractivity contribution in [1.29, 1.82) is 0 Å². The molecule has 1 aromatic rings. The van der Waals surface area contributed by atoms with Crippen LogP contribution in [0.25, 0.3) is 0 Å². The molecule has 0 bridgehead atoms. The quantitative estimate of drug-likeness (QED) is 0.602. The van der Waals surface area contributed by atoms with Gasteiger partial charge in [-0.3, -0.25) is 5.10 Å². The van der Waals surface area contributed by atoms with E-state index in [1.54, 1.807) is 0 Å². The molecule has 1 rings (SSSR count). The van der Waals surface area contributed by atoms with Crippen LogP contribution in [0, 0.1) is 4.77 Å². The van der Waals surface area contributed by atoms with E-state index in [2.05, 4.69) is 47.5 Å². The second kappa shape index (κ2) is 6.91. The van der Waals surface area contributed by atoms with Crippen molar-refractivity contribution in [2.45, 2.75) is 52.6 Å². The van der Waals surface area contributed by atoms with Crippen molar-refractivity contribution in [3.63, 3.8) is 0 Å². The van der Waals surface area contributed by atoms with Crippen molar-refractivity contribution in [2.75, 3.05) is 13.6 Å². The molecule has 1 aromatic heterocycles. The van der Waals surface area contributed by atoms with Crippen LogP contribution in [0.15, 0.2) is 0 Å². The number of H-pyrrole nitrogens is 1. The number of hydrogen-bond donors (Lipinski definition) is 1. The maximum absolute atomic E-state index is 5.22. The zero-order chi connectivity index (χ0) is 12.8. The molecule has 1 N–H and O–H groups in total. The zero-order valence-electron chi connectivity index (χ0n) is 11.4. The van der Waals surface area contributed by atoms with Crippen LogP contribution >= 0.6 is 12.2 Å². The SMILES string of the molecule is CCc1n[nH]c(=S)n1CCCCN(C)C(C)C. The molecule has 0 spiro atoms. The molecule has 5 heteroatoms. The Kier molecular flexibility index (Phi) is 5.85. The van der Waals surface area contributed by atoms with Gasteiger partial charge in [0.1, 0.15) is 5.82 Å². The Morgan fingerprint density at radius 3 is 2.71 bits per heavy atom. The molecule has 0 aliphatic heterocycles. The number of hydrogen-bond acceptors (Lipinski definition) is 3. The van der Waals surface area contributed by atoms with Crippen molar-refractivity contribution in [3.8, 4) is 0 Å². The van der Waals surface area contributed by atoms with Crippen LogP contribution in [-0.2, 0) is 13.0 Å². The minimum Gasteiger partial charge on any atom is -0.304 e. The Labute approximate surface area is 109 Å². The largest absolute Gasteiger partial charge is 0.304 e. The number of aromatic nitrogens is 3. The molecule has 0 fully saturated rings. The van der Waals surface area contributed by atoms with Crippen LogP contribution < -0.4 is 0 Å². The van der Waals surface area contributed by atoms with E-state index in [-0.39, 0.29) is 0 Å². The molecule has 0 saturated heterocycles. The summed E-state index contributed by atoms with van der Waals surface area (Å²) < 4.78 is 2.86. The summed E-state index contributed by atoms with van der Waals surface area (Å²) in [6.07, 6.45) is 3.28. The van der Waals surface area contributed by atoms with E-state index >= 15 is 0 Å². The van der Waals surface area contributed by atoms with E-state index in [4.69, 9.17) is 12.2 Å². The first-order valence-corrected chi connectivity index (χ1v) is 6.81. The summed E-state index contributed by atoms with van der Waals surface area (Å²) in [6, 6.07) is 0.622. The molecule has 0 aliphatic carbocycles. The molecule has 0 aromatic carbocycles. The minimum absolute atomic E-state index is 0.622. The van der Waals surface area contributed by atoms with Crippen molar-refractivity contribution in [2.24, 2.45) is 0 Å². The van der Waals surface area contributed by atoms with Gasteiger partial charge in [0.05, 0.1) is 0 Å². The molecule has 4 nitrogen and oxygen atoms in total. The number of aryl methyl sites for hydroxylation is 1. The Morgan fingerprint density at radius 1 is 1.41 bits per heavy atom. The van der Waals surface area contributed by atoms with E-state index in [1.807, 2.05) is 0 Å². The fraction of sp³-hybridized carbons (Fsp3) is 0.833. The lowest BCUT2D eigenvalue weighted by atomic mass is 10.2. The summed E-state index contributed by atoms with van der Waals surface area (Å²) in [5, 5.41) is 7.07. The predicted molar refractivity (Wildman–Crippen MR) is 73.8 cm³/mol. The summed E-state index contributed by atoms with van der Waals surface area (Å²) in [5.41, 5.74) is 0. The molecule has 0 radical (unpaired) electrons. The van der Waals surface area contributed by atoms with E-state index in [0.29, 0.717) is 6.04 Å². The molecular weight excluding hydrogens is 232 g/mol. The van der Waals surface area contributed by atoms with Crippen LogP contribution in [0.1, 0.15) is 39.4 Å². The number of nitrogens with zero attached hydrogens (tertiary/aromatic N) is 3. The highest BCUT2D eigenvalue weighted by Crippen LogP contribution is 2.04. The predicted octanol–water partition coefficient (Wildman–Crippen LogP) is 2.62. The molecule has 0 amide bonds. The van der Waals surface area contributed by atoms with Gasteiger partial charge in [-0.05, 0) is 52.5 Å². The third-order valence-corrected chi connectivity index (χ3v) is 3.49. The van der Waals surface area contributed by atoms with Gasteiger partial charge in [-0.2, -0.15) is 5.10 Å². The van der Waals surface area contributed by atoms with Gasteiger partial charge >= 0.3 is 0 Å². The van der Waals surface area contributed by atoms with Crippen molar-refractivity contribution < 1.29 is 0 Å². The first-order chi connectivity index (χ1) is 8.06. The summed E-state index contributed by atoms with van der Waals surface area (Å²) in [6.45, 7) is 8.67. The number of nitrogens with one attached hydrogen (secondary N) is 1. The van der Waals surface area contributed by atoms with E-state index < -0.39 is 0 Å². The van der Waals surface area contributed by atoms with E-state index in [9.17, 15) is 0 Å². The minimum atomic E-state index is 0.622.